The van der Waals surface area contributed by atoms with Gasteiger partial charge in [0.25, 0.3) is 5.92 Å². The maximum Gasteiger partial charge on any atom is 0.276 e. The van der Waals surface area contributed by atoms with E-state index < -0.39 is 11.8 Å². The molecule has 1 aromatic carbocycles. The van der Waals surface area contributed by atoms with Crippen molar-refractivity contribution in [3.8, 4) is 0 Å². The first-order valence-corrected chi connectivity index (χ1v) is 4.58. The molecule has 1 aliphatic carbocycles. The highest BCUT2D eigenvalue weighted by Gasteiger charge is 2.47. The zero-order chi connectivity index (χ0) is 10.2. The minimum atomic E-state index is -2.72. The number of carbonyl (C=O) groups excluding carboxylic acids is 1. The zero-order valence-corrected chi connectivity index (χ0v) is 7.54. The van der Waals surface area contributed by atoms with E-state index in [9.17, 15) is 13.6 Å². The van der Waals surface area contributed by atoms with Gasteiger partial charge in [-0.15, -0.1) is 0 Å². The molecule has 1 saturated carbocycles. The molecule has 1 aromatic rings. The first-order chi connectivity index (χ1) is 6.64. The number of aldehydes is 1. The average molecular weight is 196 g/mol. The second kappa shape index (κ2) is 3.15. The molecule has 0 amide bonds. The van der Waals surface area contributed by atoms with Gasteiger partial charge in [-0.2, -0.15) is 0 Å². The number of hydrogen-bond donors (Lipinski definition) is 0. The summed E-state index contributed by atoms with van der Waals surface area (Å²) in [5.41, 5.74) is 0.450. The summed E-state index contributed by atoms with van der Waals surface area (Å²) in [4.78, 5) is 10.3. The van der Waals surface area contributed by atoms with Crippen LogP contribution in [0.15, 0.2) is 24.3 Å². The van der Waals surface area contributed by atoms with Crippen LogP contribution in [0, 0.1) is 5.92 Å². The predicted octanol–water partition coefficient (Wildman–Crippen LogP) is 3.00. The second-order valence-corrected chi connectivity index (χ2v) is 3.64. The summed E-state index contributed by atoms with van der Waals surface area (Å²) in [5.74, 6) is -3.22. The molecule has 0 atom stereocenters. The van der Waals surface area contributed by atoms with Gasteiger partial charge >= 0.3 is 0 Å². The lowest BCUT2D eigenvalue weighted by molar-refractivity contribution is -0.0285. The van der Waals surface area contributed by atoms with E-state index >= 15 is 0 Å². The SMILES string of the molecule is O=Cc1ccc(C(F)(F)C2CC2)cc1. The van der Waals surface area contributed by atoms with Crippen molar-refractivity contribution < 1.29 is 13.6 Å². The quantitative estimate of drug-likeness (QED) is 0.679. The normalized spacial score (nSPS) is 16.7. The molecular weight excluding hydrogens is 186 g/mol. The number of benzene rings is 1. The van der Waals surface area contributed by atoms with E-state index in [1.807, 2.05) is 0 Å². The lowest BCUT2D eigenvalue weighted by Crippen LogP contribution is -2.15. The van der Waals surface area contributed by atoms with Gasteiger partial charge in [-0.05, 0) is 12.8 Å². The van der Waals surface area contributed by atoms with Crippen LogP contribution in [0.1, 0.15) is 28.8 Å². The van der Waals surface area contributed by atoms with Crippen molar-refractivity contribution in [2.24, 2.45) is 5.92 Å². The molecule has 0 N–H and O–H groups in total. The van der Waals surface area contributed by atoms with Crippen molar-refractivity contribution >= 4 is 6.29 Å². The molecule has 1 fully saturated rings. The lowest BCUT2D eigenvalue weighted by atomic mass is 10.0. The summed E-state index contributed by atoms with van der Waals surface area (Å²) >= 11 is 0. The lowest BCUT2D eigenvalue weighted by Gasteiger charge is -2.15. The third-order valence-electron chi connectivity index (χ3n) is 2.52. The van der Waals surface area contributed by atoms with E-state index in [-0.39, 0.29) is 5.56 Å². The van der Waals surface area contributed by atoms with Gasteiger partial charge in [-0.1, -0.05) is 24.3 Å². The minimum Gasteiger partial charge on any atom is -0.298 e. The Morgan fingerprint density at radius 1 is 1.21 bits per heavy atom. The van der Waals surface area contributed by atoms with Crippen molar-refractivity contribution in [2.45, 2.75) is 18.8 Å². The molecular formula is C11H10F2O. The number of carbonyl (C=O) groups is 1. The highest BCUT2D eigenvalue weighted by atomic mass is 19.3. The molecule has 74 valence electrons. The monoisotopic (exact) mass is 196 g/mol. The Bertz CT molecular complexity index is 339. The maximum absolute atomic E-state index is 13.5. The standard InChI is InChI=1S/C11H10F2O/c12-11(13,10-5-6-10)9-3-1-8(7-14)2-4-9/h1-4,7,10H,5-6H2. The van der Waals surface area contributed by atoms with Crippen LogP contribution in [0.3, 0.4) is 0 Å². The third-order valence-corrected chi connectivity index (χ3v) is 2.52. The van der Waals surface area contributed by atoms with E-state index in [4.69, 9.17) is 0 Å². The largest absolute Gasteiger partial charge is 0.298 e. The first-order valence-electron chi connectivity index (χ1n) is 4.58. The fourth-order valence-corrected chi connectivity index (χ4v) is 1.47. The molecule has 0 heterocycles. The molecule has 0 unspecified atom stereocenters. The fraction of sp³-hybridized carbons (Fsp3) is 0.364. The van der Waals surface area contributed by atoms with E-state index in [1.165, 1.54) is 24.3 Å². The maximum atomic E-state index is 13.5. The molecule has 0 saturated heterocycles. The van der Waals surface area contributed by atoms with Gasteiger partial charge in [0.05, 0.1) is 0 Å². The van der Waals surface area contributed by atoms with Crippen LogP contribution in [0.2, 0.25) is 0 Å². The Labute approximate surface area is 80.7 Å². The minimum absolute atomic E-state index is 0.0191. The number of alkyl halides is 2. The average Bonchev–Trinajstić information content (AvgIpc) is 3.01. The van der Waals surface area contributed by atoms with Crippen LogP contribution in [0.25, 0.3) is 0 Å². The van der Waals surface area contributed by atoms with Crippen molar-refractivity contribution in [1.29, 1.82) is 0 Å². The van der Waals surface area contributed by atoms with E-state index in [0.29, 0.717) is 24.7 Å². The highest BCUT2D eigenvalue weighted by Crippen LogP contribution is 2.49. The number of rotatable bonds is 3. The molecule has 0 aromatic heterocycles. The molecule has 0 spiro atoms. The molecule has 2 rings (SSSR count). The van der Waals surface area contributed by atoms with Gasteiger partial charge in [-0.25, -0.2) is 8.78 Å². The van der Waals surface area contributed by atoms with Crippen molar-refractivity contribution in [2.75, 3.05) is 0 Å². The van der Waals surface area contributed by atoms with Crippen LogP contribution in [0.5, 0.6) is 0 Å². The second-order valence-electron chi connectivity index (χ2n) is 3.64. The zero-order valence-electron chi connectivity index (χ0n) is 7.54. The Morgan fingerprint density at radius 2 is 1.79 bits per heavy atom. The van der Waals surface area contributed by atoms with E-state index in [2.05, 4.69) is 0 Å². The fourth-order valence-electron chi connectivity index (χ4n) is 1.47. The van der Waals surface area contributed by atoms with E-state index in [1.54, 1.807) is 0 Å². The molecule has 14 heavy (non-hydrogen) atoms. The molecule has 0 bridgehead atoms. The van der Waals surface area contributed by atoms with Crippen LogP contribution in [0.4, 0.5) is 8.78 Å². The Kier molecular flexibility index (Phi) is 2.10. The molecule has 0 radical (unpaired) electrons. The first kappa shape index (κ1) is 9.31. The topological polar surface area (TPSA) is 17.1 Å². The van der Waals surface area contributed by atoms with Crippen LogP contribution in [-0.4, -0.2) is 6.29 Å². The summed E-state index contributed by atoms with van der Waals surface area (Å²) in [5, 5.41) is 0. The summed E-state index contributed by atoms with van der Waals surface area (Å²) in [6.45, 7) is 0. The molecule has 3 heteroatoms. The van der Waals surface area contributed by atoms with Gasteiger partial charge in [0, 0.05) is 17.0 Å². The molecule has 1 aliphatic rings. The van der Waals surface area contributed by atoms with Crippen molar-refractivity contribution in [3.63, 3.8) is 0 Å². The summed E-state index contributed by atoms with van der Waals surface area (Å²) in [6.07, 6.45) is 1.85. The number of halogens is 2. The van der Waals surface area contributed by atoms with Gasteiger partial charge in [-0.3, -0.25) is 4.79 Å². The van der Waals surface area contributed by atoms with E-state index in [0.717, 1.165) is 0 Å². The summed E-state index contributed by atoms with van der Waals surface area (Å²) < 4.78 is 27.0. The predicted molar refractivity (Wildman–Crippen MR) is 48.4 cm³/mol. The highest BCUT2D eigenvalue weighted by molar-refractivity contribution is 5.74. The van der Waals surface area contributed by atoms with Crippen LogP contribution in [-0.2, 0) is 5.92 Å². The summed E-state index contributed by atoms with van der Waals surface area (Å²) in [7, 11) is 0. The Balaban J connectivity index is 2.27. The molecule has 1 nitrogen and oxygen atoms in total. The number of hydrogen-bond acceptors (Lipinski definition) is 1. The van der Waals surface area contributed by atoms with Gasteiger partial charge in [0.15, 0.2) is 0 Å². The van der Waals surface area contributed by atoms with Gasteiger partial charge in [0.1, 0.15) is 6.29 Å². The Morgan fingerprint density at radius 3 is 2.21 bits per heavy atom. The smallest absolute Gasteiger partial charge is 0.276 e. The van der Waals surface area contributed by atoms with Gasteiger partial charge < -0.3 is 0 Å². The van der Waals surface area contributed by atoms with Crippen molar-refractivity contribution in [3.05, 3.63) is 35.4 Å². The third kappa shape index (κ3) is 1.54. The van der Waals surface area contributed by atoms with Crippen LogP contribution < -0.4 is 0 Å². The van der Waals surface area contributed by atoms with Crippen LogP contribution >= 0.6 is 0 Å². The molecule has 0 aliphatic heterocycles. The summed E-state index contributed by atoms with van der Waals surface area (Å²) in [6, 6.07) is 5.53. The van der Waals surface area contributed by atoms with Gasteiger partial charge in [0.2, 0.25) is 0 Å². The Hall–Kier alpha value is -1.25. The van der Waals surface area contributed by atoms with Crippen molar-refractivity contribution in [1.82, 2.24) is 0 Å².